The zero-order valence-electron chi connectivity index (χ0n) is 11.7. The van der Waals surface area contributed by atoms with E-state index in [0.29, 0.717) is 6.54 Å². The van der Waals surface area contributed by atoms with Crippen LogP contribution in [-0.2, 0) is 6.54 Å². The molecule has 5 nitrogen and oxygen atoms in total. The molecule has 0 saturated heterocycles. The number of benzene rings is 2. The van der Waals surface area contributed by atoms with Crippen molar-refractivity contribution in [3.63, 3.8) is 0 Å². The van der Waals surface area contributed by atoms with Gasteiger partial charge in [-0.05, 0) is 31.2 Å². The van der Waals surface area contributed by atoms with Gasteiger partial charge in [0.1, 0.15) is 11.4 Å². The quantitative estimate of drug-likeness (QED) is 0.772. The highest BCUT2D eigenvalue weighted by atomic mass is 16.3. The van der Waals surface area contributed by atoms with Crippen molar-refractivity contribution in [1.82, 2.24) is 15.0 Å². The van der Waals surface area contributed by atoms with E-state index in [4.69, 9.17) is 5.73 Å². The summed E-state index contributed by atoms with van der Waals surface area (Å²) in [6.07, 6.45) is 0. The van der Waals surface area contributed by atoms with Crippen LogP contribution < -0.4 is 5.73 Å². The van der Waals surface area contributed by atoms with Gasteiger partial charge < -0.3 is 10.8 Å². The van der Waals surface area contributed by atoms with Crippen LogP contribution in [0.25, 0.3) is 16.9 Å². The van der Waals surface area contributed by atoms with E-state index in [-0.39, 0.29) is 5.75 Å². The number of nitrogens with zero attached hydrogens (tertiary/aromatic N) is 3. The fourth-order valence-corrected chi connectivity index (χ4v) is 2.23. The van der Waals surface area contributed by atoms with Crippen molar-refractivity contribution < 1.29 is 5.11 Å². The van der Waals surface area contributed by atoms with Crippen LogP contribution in [0.4, 0.5) is 0 Å². The Labute approximate surface area is 122 Å². The zero-order chi connectivity index (χ0) is 14.8. The van der Waals surface area contributed by atoms with Crippen molar-refractivity contribution in [2.24, 2.45) is 5.73 Å². The van der Waals surface area contributed by atoms with Crippen LogP contribution in [0.5, 0.6) is 5.75 Å². The minimum atomic E-state index is 0.217. The molecule has 3 aromatic rings. The highest BCUT2D eigenvalue weighted by Crippen LogP contribution is 2.26. The van der Waals surface area contributed by atoms with Crippen LogP contribution in [-0.4, -0.2) is 20.1 Å². The van der Waals surface area contributed by atoms with Crippen LogP contribution in [0.1, 0.15) is 11.3 Å². The topological polar surface area (TPSA) is 77.0 Å². The largest absolute Gasteiger partial charge is 0.508 e. The smallest absolute Gasteiger partial charge is 0.115 e. The number of aromatic nitrogens is 3. The summed E-state index contributed by atoms with van der Waals surface area (Å²) >= 11 is 0. The standard InChI is InChI=1S/C16H16N4O/c1-11-2-4-12(5-3-11)16-15(10-17)18-19-20(16)13-6-8-14(21)9-7-13/h2-9,21H,10,17H2,1H3. The number of phenols is 1. The zero-order valence-corrected chi connectivity index (χ0v) is 11.7. The molecule has 5 heteroatoms. The van der Waals surface area contributed by atoms with Crippen molar-refractivity contribution in [2.45, 2.75) is 13.5 Å². The summed E-state index contributed by atoms with van der Waals surface area (Å²) in [5.41, 5.74) is 10.4. The van der Waals surface area contributed by atoms with Gasteiger partial charge in [0.05, 0.1) is 11.4 Å². The van der Waals surface area contributed by atoms with Gasteiger partial charge in [-0.15, -0.1) is 5.10 Å². The van der Waals surface area contributed by atoms with Gasteiger partial charge in [-0.25, -0.2) is 4.68 Å². The second-order valence-corrected chi connectivity index (χ2v) is 4.88. The van der Waals surface area contributed by atoms with E-state index in [0.717, 1.165) is 22.6 Å². The molecule has 106 valence electrons. The van der Waals surface area contributed by atoms with Crippen molar-refractivity contribution in [1.29, 1.82) is 0 Å². The van der Waals surface area contributed by atoms with E-state index in [1.54, 1.807) is 28.9 Å². The first-order valence-corrected chi connectivity index (χ1v) is 6.70. The number of hydrogen-bond donors (Lipinski definition) is 2. The first-order valence-electron chi connectivity index (χ1n) is 6.70. The number of aryl methyl sites for hydroxylation is 1. The van der Waals surface area contributed by atoms with Crippen LogP contribution in [0, 0.1) is 6.92 Å². The molecule has 2 aromatic carbocycles. The van der Waals surface area contributed by atoms with Gasteiger partial charge in [-0.1, -0.05) is 35.0 Å². The molecule has 0 aliphatic heterocycles. The Balaban J connectivity index is 2.16. The van der Waals surface area contributed by atoms with E-state index in [9.17, 15) is 5.11 Å². The Morgan fingerprint density at radius 1 is 1.05 bits per heavy atom. The predicted molar refractivity (Wildman–Crippen MR) is 81.1 cm³/mol. The van der Waals surface area contributed by atoms with Crippen LogP contribution in [0.2, 0.25) is 0 Å². The summed E-state index contributed by atoms with van der Waals surface area (Å²) in [7, 11) is 0. The molecule has 0 fully saturated rings. The summed E-state index contributed by atoms with van der Waals surface area (Å²) in [6.45, 7) is 2.37. The summed E-state index contributed by atoms with van der Waals surface area (Å²) in [5, 5.41) is 17.8. The predicted octanol–water partition coefficient (Wildman–Crippen LogP) is 2.41. The van der Waals surface area contributed by atoms with Crippen molar-refractivity contribution in [3.05, 3.63) is 59.8 Å². The minimum absolute atomic E-state index is 0.217. The lowest BCUT2D eigenvalue weighted by atomic mass is 10.1. The fraction of sp³-hybridized carbons (Fsp3) is 0.125. The van der Waals surface area contributed by atoms with Gasteiger partial charge >= 0.3 is 0 Å². The Bertz CT molecular complexity index is 745. The third-order valence-corrected chi connectivity index (χ3v) is 3.35. The summed E-state index contributed by atoms with van der Waals surface area (Å²) in [4.78, 5) is 0. The molecule has 1 aromatic heterocycles. The minimum Gasteiger partial charge on any atom is -0.508 e. The molecule has 0 bridgehead atoms. The van der Waals surface area contributed by atoms with Crippen LogP contribution >= 0.6 is 0 Å². The van der Waals surface area contributed by atoms with E-state index >= 15 is 0 Å². The number of nitrogens with two attached hydrogens (primary N) is 1. The SMILES string of the molecule is Cc1ccc(-c2c(CN)nnn2-c2ccc(O)cc2)cc1. The van der Waals surface area contributed by atoms with Crippen LogP contribution in [0.15, 0.2) is 48.5 Å². The Kier molecular flexibility index (Phi) is 3.41. The number of rotatable bonds is 3. The van der Waals surface area contributed by atoms with Gasteiger partial charge in [0.15, 0.2) is 0 Å². The lowest BCUT2D eigenvalue weighted by Crippen LogP contribution is -2.02. The van der Waals surface area contributed by atoms with Gasteiger partial charge in [0.25, 0.3) is 0 Å². The molecule has 0 saturated carbocycles. The van der Waals surface area contributed by atoms with Gasteiger partial charge in [-0.2, -0.15) is 0 Å². The Morgan fingerprint density at radius 3 is 2.33 bits per heavy atom. The second kappa shape index (κ2) is 5.38. The Morgan fingerprint density at radius 2 is 1.71 bits per heavy atom. The lowest BCUT2D eigenvalue weighted by molar-refractivity contribution is 0.475. The molecule has 3 rings (SSSR count). The monoisotopic (exact) mass is 280 g/mol. The first kappa shape index (κ1) is 13.3. The van der Waals surface area contributed by atoms with Crippen LogP contribution in [0.3, 0.4) is 0 Å². The van der Waals surface area contributed by atoms with Crippen molar-refractivity contribution >= 4 is 0 Å². The maximum Gasteiger partial charge on any atom is 0.115 e. The third kappa shape index (κ3) is 2.51. The number of hydrogen-bond acceptors (Lipinski definition) is 4. The number of phenolic OH excluding ortho intramolecular Hbond substituents is 1. The van der Waals surface area contributed by atoms with Gasteiger partial charge in [0.2, 0.25) is 0 Å². The summed E-state index contributed by atoms with van der Waals surface area (Å²) in [6, 6.07) is 15.0. The molecule has 1 heterocycles. The third-order valence-electron chi connectivity index (χ3n) is 3.35. The molecule has 0 aliphatic carbocycles. The molecule has 0 atom stereocenters. The maximum atomic E-state index is 9.41. The van der Waals surface area contributed by atoms with E-state index in [2.05, 4.69) is 10.3 Å². The second-order valence-electron chi connectivity index (χ2n) is 4.88. The lowest BCUT2D eigenvalue weighted by Gasteiger charge is -2.08. The molecular formula is C16H16N4O. The molecule has 21 heavy (non-hydrogen) atoms. The molecule has 0 spiro atoms. The molecule has 0 radical (unpaired) electrons. The molecule has 0 unspecified atom stereocenters. The normalized spacial score (nSPS) is 10.8. The van der Waals surface area contributed by atoms with E-state index in [1.807, 2.05) is 31.2 Å². The highest BCUT2D eigenvalue weighted by molar-refractivity contribution is 5.64. The molecular weight excluding hydrogens is 264 g/mol. The Hall–Kier alpha value is -2.66. The first-order chi connectivity index (χ1) is 10.2. The molecule has 3 N–H and O–H groups in total. The molecule has 0 amide bonds. The van der Waals surface area contributed by atoms with E-state index < -0.39 is 0 Å². The summed E-state index contributed by atoms with van der Waals surface area (Å²) < 4.78 is 1.74. The van der Waals surface area contributed by atoms with Crippen molar-refractivity contribution in [2.75, 3.05) is 0 Å². The highest BCUT2D eigenvalue weighted by Gasteiger charge is 2.15. The van der Waals surface area contributed by atoms with Gasteiger partial charge in [-0.3, -0.25) is 0 Å². The van der Waals surface area contributed by atoms with Gasteiger partial charge in [0, 0.05) is 12.1 Å². The number of aromatic hydroxyl groups is 1. The fourth-order valence-electron chi connectivity index (χ4n) is 2.23. The summed E-state index contributed by atoms with van der Waals surface area (Å²) in [5.74, 6) is 0.217. The average Bonchev–Trinajstić information content (AvgIpc) is 2.93. The maximum absolute atomic E-state index is 9.41. The molecule has 0 aliphatic rings. The average molecular weight is 280 g/mol. The van der Waals surface area contributed by atoms with E-state index in [1.165, 1.54) is 5.56 Å². The van der Waals surface area contributed by atoms with Crippen molar-refractivity contribution in [3.8, 4) is 22.7 Å².